The average molecular weight is 272 g/mol. The zero-order chi connectivity index (χ0) is 11.5. The Bertz CT molecular complexity index is 337. The predicted molar refractivity (Wildman–Crippen MR) is 68.0 cm³/mol. The van der Waals surface area contributed by atoms with Crippen LogP contribution in [0.2, 0.25) is 0 Å². The Morgan fingerprint density at radius 3 is 2.73 bits per heavy atom. The summed E-state index contributed by atoms with van der Waals surface area (Å²) in [5.41, 5.74) is 6.90. The molecule has 1 aromatic rings. The Morgan fingerprint density at radius 2 is 2.20 bits per heavy atom. The van der Waals surface area contributed by atoms with E-state index in [9.17, 15) is 0 Å². The fourth-order valence-corrected chi connectivity index (χ4v) is 1.57. The molecule has 0 aromatic carbocycles. The Kier molecular flexibility index (Phi) is 4.11. The number of pyridine rings is 1. The molecule has 4 heteroatoms. The first-order chi connectivity index (χ1) is 6.94. The predicted octanol–water partition coefficient (Wildman–Crippen LogP) is 2.55. The van der Waals surface area contributed by atoms with Gasteiger partial charge in [0, 0.05) is 17.2 Å². The van der Waals surface area contributed by atoms with E-state index in [1.54, 1.807) is 6.20 Å². The number of hydrogen-bond donors (Lipinski definition) is 2. The molecule has 0 saturated carbocycles. The largest absolute Gasteiger partial charge is 0.369 e. The Morgan fingerprint density at radius 1 is 1.53 bits per heavy atom. The van der Waals surface area contributed by atoms with Crippen molar-refractivity contribution in [3.8, 4) is 0 Å². The Balaban J connectivity index is 2.66. The van der Waals surface area contributed by atoms with Gasteiger partial charge in [0.05, 0.1) is 0 Å². The average Bonchev–Trinajstić information content (AvgIpc) is 2.16. The molecule has 3 nitrogen and oxygen atoms in total. The van der Waals surface area contributed by atoms with Gasteiger partial charge in [-0.1, -0.05) is 13.8 Å². The van der Waals surface area contributed by atoms with E-state index >= 15 is 0 Å². The number of hydrogen-bond acceptors (Lipinski definition) is 3. The highest BCUT2D eigenvalue weighted by atomic mass is 79.9. The third-order valence-electron chi connectivity index (χ3n) is 2.33. The molecule has 0 amide bonds. The van der Waals surface area contributed by atoms with Crippen molar-refractivity contribution >= 4 is 21.7 Å². The molecule has 0 spiro atoms. The van der Waals surface area contributed by atoms with Gasteiger partial charge >= 0.3 is 0 Å². The normalized spacial score (nSPS) is 11.5. The molecule has 15 heavy (non-hydrogen) atoms. The van der Waals surface area contributed by atoms with Gasteiger partial charge in [-0.05, 0) is 46.4 Å². The van der Waals surface area contributed by atoms with Crippen LogP contribution in [0.5, 0.6) is 0 Å². The van der Waals surface area contributed by atoms with Crippen LogP contribution in [-0.4, -0.2) is 18.1 Å². The summed E-state index contributed by atoms with van der Waals surface area (Å²) in [7, 11) is 0. The van der Waals surface area contributed by atoms with Crippen LogP contribution in [0.4, 0.5) is 5.82 Å². The molecule has 0 unspecified atom stereocenters. The minimum Gasteiger partial charge on any atom is -0.369 e. The summed E-state index contributed by atoms with van der Waals surface area (Å²) in [5, 5.41) is 3.32. The number of aromatic nitrogens is 1. The van der Waals surface area contributed by atoms with E-state index in [1.165, 1.54) is 0 Å². The van der Waals surface area contributed by atoms with Crippen LogP contribution in [0, 0.1) is 12.3 Å². The van der Waals surface area contributed by atoms with Gasteiger partial charge in [-0.3, -0.25) is 0 Å². The highest BCUT2D eigenvalue weighted by molar-refractivity contribution is 9.10. The summed E-state index contributed by atoms with van der Waals surface area (Å²) < 4.78 is 1.00. The van der Waals surface area contributed by atoms with Crippen molar-refractivity contribution < 1.29 is 0 Å². The second-order valence-electron chi connectivity index (χ2n) is 4.54. The summed E-state index contributed by atoms with van der Waals surface area (Å²) in [4.78, 5) is 4.32. The van der Waals surface area contributed by atoms with E-state index in [2.05, 4.69) is 40.1 Å². The van der Waals surface area contributed by atoms with Crippen LogP contribution in [0.25, 0.3) is 0 Å². The summed E-state index contributed by atoms with van der Waals surface area (Å²) in [6, 6.07) is 2.05. The highest BCUT2D eigenvalue weighted by Crippen LogP contribution is 2.19. The Labute approximate surface area is 99.6 Å². The molecule has 0 bridgehead atoms. The molecule has 1 rings (SSSR count). The third-order valence-corrected chi connectivity index (χ3v) is 2.77. The molecule has 3 N–H and O–H groups in total. The molecule has 84 valence electrons. The van der Waals surface area contributed by atoms with E-state index in [1.807, 2.05) is 13.0 Å². The van der Waals surface area contributed by atoms with E-state index in [-0.39, 0.29) is 5.41 Å². The second-order valence-corrected chi connectivity index (χ2v) is 5.46. The number of nitrogens with zero attached hydrogens (tertiary/aromatic N) is 1. The van der Waals surface area contributed by atoms with Crippen molar-refractivity contribution in [3.05, 3.63) is 22.3 Å². The van der Waals surface area contributed by atoms with Crippen LogP contribution < -0.4 is 11.1 Å². The lowest BCUT2D eigenvalue weighted by atomic mass is 9.94. The highest BCUT2D eigenvalue weighted by Gasteiger charge is 2.15. The van der Waals surface area contributed by atoms with Gasteiger partial charge in [0.15, 0.2) is 0 Å². The number of halogens is 1. The van der Waals surface area contributed by atoms with Gasteiger partial charge in [0.2, 0.25) is 0 Å². The molecule has 0 atom stereocenters. The number of nitrogens with two attached hydrogens (primary N) is 1. The van der Waals surface area contributed by atoms with Gasteiger partial charge in [0.1, 0.15) is 5.82 Å². The van der Waals surface area contributed by atoms with Crippen molar-refractivity contribution in [3.63, 3.8) is 0 Å². The van der Waals surface area contributed by atoms with Crippen molar-refractivity contribution in [2.24, 2.45) is 11.1 Å². The minimum absolute atomic E-state index is 0.0984. The number of anilines is 1. The SMILES string of the molecule is Cc1cc(Br)cnc1NCC(C)(C)CN. The van der Waals surface area contributed by atoms with Crippen molar-refractivity contribution in [2.75, 3.05) is 18.4 Å². The molecular formula is C11H18BrN3. The summed E-state index contributed by atoms with van der Waals surface area (Å²) in [6.45, 7) is 7.80. The molecule has 0 aliphatic carbocycles. The quantitative estimate of drug-likeness (QED) is 0.885. The molecule has 1 aromatic heterocycles. The van der Waals surface area contributed by atoms with Gasteiger partial charge in [-0.25, -0.2) is 4.98 Å². The fraction of sp³-hybridized carbons (Fsp3) is 0.545. The maximum atomic E-state index is 5.66. The van der Waals surface area contributed by atoms with E-state index < -0.39 is 0 Å². The van der Waals surface area contributed by atoms with Crippen molar-refractivity contribution in [1.82, 2.24) is 4.98 Å². The van der Waals surface area contributed by atoms with Crippen LogP contribution >= 0.6 is 15.9 Å². The fourth-order valence-electron chi connectivity index (χ4n) is 1.12. The maximum absolute atomic E-state index is 5.66. The zero-order valence-corrected chi connectivity index (χ0v) is 11.1. The van der Waals surface area contributed by atoms with Crippen LogP contribution in [0.1, 0.15) is 19.4 Å². The first kappa shape index (κ1) is 12.5. The van der Waals surface area contributed by atoms with E-state index in [0.29, 0.717) is 6.54 Å². The standard InChI is InChI=1S/C11H18BrN3/c1-8-4-9(12)5-14-10(8)15-7-11(2,3)6-13/h4-5H,6-7,13H2,1-3H3,(H,14,15). The topological polar surface area (TPSA) is 50.9 Å². The summed E-state index contributed by atoms with van der Waals surface area (Å²) >= 11 is 3.39. The number of nitrogens with one attached hydrogen (secondary N) is 1. The smallest absolute Gasteiger partial charge is 0.128 e. The minimum atomic E-state index is 0.0984. The van der Waals surface area contributed by atoms with Gasteiger partial charge in [-0.15, -0.1) is 0 Å². The lowest BCUT2D eigenvalue weighted by Gasteiger charge is -2.23. The summed E-state index contributed by atoms with van der Waals surface area (Å²) in [6.07, 6.45) is 1.80. The number of rotatable bonds is 4. The number of aryl methyl sites for hydroxylation is 1. The van der Waals surface area contributed by atoms with Crippen LogP contribution in [0.3, 0.4) is 0 Å². The van der Waals surface area contributed by atoms with Crippen molar-refractivity contribution in [1.29, 1.82) is 0 Å². The molecule has 0 fully saturated rings. The molecule has 0 aliphatic rings. The third kappa shape index (κ3) is 3.80. The first-order valence-electron chi connectivity index (χ1n) is 5.01. The van der Waals surface area contributed by atoms with E-state index in [4.69, 9.17) is 5.73 Å². The second kappa shape index (κ2) is 4.94. The molecule has 0 saturated heterocycles. The van der Waals surface area contributed by atoms with Crippen molar-refractivity contribution in [2.45, 2.75) is 20.8 Å². The molecule has 1 heterocycles. The lowest BCUT2D eigenvalue weighted by molar-refractivity contribution is 0.405. The summed E-state index contributed by atoms with van der Waals surface area (Å²) in [5.74, 6) is 0.930. The molecule has 0 radical (unpaired) electrons. The maximum Gasteiger partial charge on any atom is 0.128 e. The van der Waals surface area contributed by atoms with Crippen LogP contribution in [-0.2, 0) is 0 Å². The molecular weight excluding hydrogens is 254 g/mol. The van der Waals surface area contributed by atoms with E-state index in [0.717, 1.165) is 22.4 Å². The van der Waals surface area contributed by atoms with Crippen LogP contribution in [0.15, 0.2) is 16.7 Å². The van der Waals surface area contributed by atoms with Gasteiger partial charge in [-0.2, -0.15) is 0 Å². The lowest BCUT2D eigenvalue weighted by Crippen LogP contribution is -2.31. The molecule has 0 aliphatic heterocycles. The Hall–Kier alpha value is -0.610. The first-order valence-corrected chi connectivity index (χ1v) is 5.80. The van der Waals surface area contributed by atoms with Gasteiger partial charge in [0.25, 0.3) is 0 Å². The zero-order valence-electron chi connectivity index (χ0n) is 9.47. The van der Waals surface area contributed by atoms with Gasteiger partial charge < -0.3 is 11.1 Å². The monoisotopic (exact) mass is 271 g/mol.